The van der Waals surface area contributed by atoms with Gasteiger partial charge in [0.1, 0.15) is 5.75 Å². The lowest BCUT2D eigenvalue weighted by Crippen LogP contribution is -2.34. The van der Waals surface area contributed by atoms with Crippen molar-refractivity contribution in [3.05, 3.63) is 29.8 Å². The highest BCUT2D eigenvalue weighted by Crippen LogP contribution is 2.22. The zero-order valence-corrected chi connectivity index (χ0v) is 15.0. The van der Waals surface area contributed by atoms with Crippen LogP contribution in [0.5, 0.6) is 5.75 Å². The molecule has 0 unspecified atom stereocenters. The average Bonchev–Trinajstić information content (AvgIpc) is 2.58. The third kappa shape index (κ3) is 7.00. The lowest BCUT2D eigenvalue weighted by atomic mass is 10.1. The number of hydrogen-bond donors (Lipinski definition) is 1. The van der Waals surface area contributed by atoms with Gasteiger partial charge in [-0.25, -0.2) is 0 Å². The van der Waals surface area contributed by atoms with Crippen molar-refractivity contribution < 1.29 is 19.1 Å². The molecule has 134 valence electrons. The van der Waals surface area contributed by atoms with E-state index in [2.05, 4.69) is 15.0 Å². The van der Waals surface area contributed by atoms with Crippen LogP contribution in [0.15, 0.2) is 24.3 Å². The van der Waals surface area contributed by atoms with Gasteiger partial charge in [-0.3, -0.25) is 9.59 Å². The molecule has 6 nitrogen and oxygen atoms in total. The van der Waals surface area contributed by atoms with Crippen LogP contribution in [-0.4, -0.2) is 51.6 Å². The fraction of sp³-hybridized carbons (Fsp3) is 0.556. The number of carbonyl (C=O) groups excluding carboxylic acids is 2. The largest absolute Gasteiger partial charge is 0.497 e. The van der Waals surface area contributed by atoms with Crippen LogP contribution < -0.4 is 10.1 Å². The van der Waals surface area contributed by atoms with Crippen LogP contribution >= 0.6 is 0 Å². The van der Waals surface area contributed by atoms with Crippen molar-refractivity contribution in [2.45, 2.75) is 31.7 Å². The second-order valence-corrected chi connectivity index (χ2v) is 5.84. The van der Waals surface area contributed by atoms with Crippen molar-refractivity contribution in [3.63, 3.8) is 0 Å². The van der Waals surface area contributed by atoms with E-state index in [0.29, 0.717) is 32.2 Å². The highest BCUT2D eigenvalue weighted by Gasteiger charge is 2.16. The van der Waals surface area contributed by atoms with Gasteiger partial charge < -0.3 is 19.7 Å². The third-order valence-corrected chi connectivity index (χ3v) is 3.86. The highest BCUT2D eigenvalue weighted by atomic mass is 16.5. The van der Waals surface area contributed by atoms with E-state index >= 15 is 0 Å². The molecule has 0 radical (unpaired) electrons. The molecule has 0 aliphatic heterocycles. The molecule has 24 heavy (non-hydrogen) atoms. The molecule has 1 atom stereocenters. The Morgan fingerprint density at radius 1 is 1.17 bits per heavy atom. The molecule has 1 aromatic rings. The Kier molecular flexibility index (Phi) is 8.86. The van der Waals surface area contributed by atoms with Gasteiger partial charge in [0, 0.05) is 19.4 Å². The molecular formula is C18H28N2O4. The summed E-state index contributed by atoms with van der Waals surface area (Å²) in [6, 6.07) is 7.91. The van der Waals surface area contributed by atoms with E-state index in [9.17, 15) is 9.59 Å². The normalized spacial score (nSPS) is 11.9. The summed E-state index contributed by atoms with van der Waals surface area (Å²) >= 11 is 0. The Labute approximate surface area is 144 Å². The lowest BCUT2D eigenvalue weighted by molar-refractivity contribution is -0.140. The molecule has 0 heterocycles. The number of rotatable bonds is 10. The van der Waals surface area contributed by atoms with E-state index < -0.39 is 0 Å². The van der Waals surface area contributed by atoms with Gasteiger partial charge >= 0.3 is 5.97 Å². The Hall–Kier alpha value is -2.08. The molecule has 1 amide bonds. The van der Waals surface area contributed by atoms with Gasteiger partial charge in [0.2, 0.25) is 5.91 Å². The number of nitrogens with one attached hydrogen (secondary N) is 1. The molecule has 0 fully saturated rings. The maximum atomic E-state index is 12.0. The lowest BCUT2D eigenvalue weighted by Gasteiger charge is -2.25. The molecular weight excluding hydrogens is 308 g/mol. The number of ether oxygens (including phenoxy) is 2. The van der Waals surface area contributed by atoms with Crippen LogP contribution in [-0.2, 0) is 14.3 Å². The standard InChI is InChI=1S/C18H28N2O4/c1-20(2)16(14-8-7-9-15(12-14)23-3)13-19-17(21)10-5-6-11-18(22)24-4/h7-9,12,16H,5-6,10-11,13H2,1-4H3,(H,19,21)/t16-/m0/s1. The fourth-order valence-electron chi connectivity index (χ4n) is 2.40. The van der Waals surface area contributed by atoms with E-state index in [0.717, 1.165) is 11.3 Å². The van der Waals surface area contributed by atoms with Gasteiger partial charge in [0.05, 0.1) is 20.3 Å². The fourth-order valence-corrected chi connectivity index (χ4v) is 2.40. The third-order valence-electron chi connectivity index (χ3n) is 3.86. The van der Waals surface area contributed by atoms with E-state index in [1.807, 2.05) is 38.4 Å². The summed E-state index contributed by atoms with van der Waals surface area (Å²) < 4.78 is 9.84. The molecule has 0 aliphatic rings. The van der Waals surface area contributed by atoms with E-state index in [-0.39, 0.29) is 17.9 Å². The molecule has 0 saturated carbocycles. The van der Waals surface area contributed by atoms with Crippen LogP contribution in [0, 0.1) is 0 Å². The zero-order chi connectivity index (χ0) is 17.9. The summed E-state index contributed by atoms with van der Waals surface area (Å²) in [6.45, 7) is 0.524. The van der Waals surface area contributed by atoms with Crippen LogP contribution in [0.1, 0.15) is 37.3 Å². The number of nitrogens with zero attached hydrogens (tertiary/aromatic N) is 1. The molecule has 0 saturated heterocycles. The van der Waals surface area contributed by atoms with Crippen molar-refractivity contribution in [2.24, 2.45) is 0 Å². The van der Waals surface area contributed by atoms with Gasteiger partial charge in [-0.05, 0) is 44.6 Å². The summed E-state index contributed by atoms with van der Waals surface area (Å²) in [7, 11) is 6.97. The van der Waals surface area contributed by atoms with Crippen molar-refractivity contribution >= 4 is 11.9 Å². The summed E-state index contributed by atoms with van der Waals surface area (Å²) in [4.78, 5) is 25.0. The molecule has 1 aromatic carbocycles. The van der Waals surface area contributed by atoms with Crippen LogP contribution in [0.3, 0.4) is 0 Å². The first-order valence-corrected chi connectivity index (χ1v) is 8.11. The van der Waals surface area contributed by atoms with Crippen LogP contribution in [0.2, 0.25) is 0 Å². The second kappa shape index (κ2) is 10.6. The minimum Gasteiger partial charge on any atom is -0.497 e. The first-order chi connectivity index (χ1) is 11.5. The quantitative estimate of drug-likeness (QED) is 0.524. The van der Waals surface area contributed by atoms with Gasteiger partial charge in [0.25, 0.3) is 0 Å². The van der Waals surface area contributed by atoms with Crippen molar-refractivity contribution in [1.82, 2.24) is 10.2 Å². The second-order valence-electron chi connectivity index (χ2n) is 5.84. The predicted molar refractivity (Wildman–Crippen MR) is 92.9 cm³/mol. The summed E-state index contributed by atoms with van der Waals surface area (Å²) in [5.41, 5.74) is 1.09. The number of hydrogen-bond acceptors (Lipinski definition) is 5. The Bertz CT molecular complexity index is 532. The molecule has 6 heteroatoms. The SMILES string of the molecule is COC(=O)CCCCC(=O)NC[C@@H](c1cccc(OC)c1)N(C)C. The number of carbonyl (C=O) groups is 2. The molecule has 0 bridgehead atoms. The number of esters is 1. The van der Waals surface area contributed by atoms with Gasteiger partial charge in [0.15, 0.2) is 0 Å². The van der Waals surface area contributed by atoms with Gasteiger partial charge in [-0.15, -0.1) is 0 Å². The van der Waals surface area contributed by atoms with Crippen LogP contribution in [0.4, 0.5) is 0 Å². The molecule has 0 aliphatic carbocycles. The van der Waals surface area contributed by atoms with E-state index in [1.165, 1.54) is 7.11 Å². The number of unbranched alkanes of at least 4 members (excludes halogenated alkanes) is 1. The monoisotopic (exact) mass is 336 g/mol. The first kappa shape index (κ1) is 20.0. The van der Waals surface area contributed by atoms with Gasteiger partial charge in [-0.1, -0.05) is 12.1 Å². The topological polar surface area (TPSA) is 67.9 Å². The Morgan fingerprint density at radius 2 is 1.88 bits per heavy atom. The number of amides is 1. The maximum absolute atomic E-state index is 12.0. The Balaban J connectivity index is 2.46. The number of likely N-dealkylation sites (N-methyl/N-ethyl adjacent to an activating group) is 1. The first-order valence-electron chi connectivity index (χ1n) is 8.11. The zero-order valence-electron chi connectivity index (χ0n) is 15.0. The minimum atomic E-state index is -0.235. The molecule has 1 N–H and O–H groups in total. The minimum absolute atomic E-state index is 0.00499. The number of methoxy groups -OCH3 is 2. The average molecular weight is 336 g/mol. The summed E-state index contributed by atoms with van der Waals surface area (Å²) in [5, 5.41) is 2.96. The number of benzene rings is 1. The summed E-state index contributed by atoms with van der Waals surface area (Å²) in [5.74, 6) is 0.559. The predicted octanol–water partition coefficient (Wildman–Crippen LogP) is 2.15. The molecule has 1 rings (SSSR count). The van der Waals surface area contributed by atoms with E-state index in [4.69, 9.17) is 4.74 Å². The maximum Gasteiger partial charge on any atom is 0.305 e. The smallest absolute Gasteiger partial charge is 0.305 e. The van der Waals surface area contributed by atoms with Gasteiger partial charge in [-0.2, -0.15) is 0 Å². The van der Waals surface area contributed by atoms with Crippen molar-refractivity contribution in [1.29, 1.82) is 0 Å². The molecule has 0 aromatic heterocycles. The Morgan fingerprint density at radius 3 is 2.50 bits per heavy atom. The van der Waals surface area contributed by atoms with Crippen LogP contribution in [0.25, 0.3) is 0 Å². The summed E-state index contributed by atoms with van der Waals surface area (Å²) in [6.07, 6.45) is 2.10. The van der Waals surface area contributed by atoms with E-state index in [1.54, 1.807) is 7.11 Å². The highest BCUT2D eigenvalue weighted by molar-refractivity contribution is 5.76. The van der Waals surface area contributed by atoms with Crippen molar-refractivity contribution in [2.75, 3.05) is 34.9 Å². The molecule has 0 spiro atoms. The van der Waals surface area contributed by atoms with Crippen molar-refractivity contribution in [3.8, 4) is 5.75 Å².